The zero-order valence-electron chi connectivity index (χ0n) is 8.96. The van der Waals surface area contributed by atoms with Crippen LogP contribution in [0.5, 0.6) is 0 Å². The summed E-state index contributed by atoms with van der Waals surface area (Å²) in [5.41, 5.74) is -1.18. The number of carbonyl (C=O) groups excluding carboxylic acids is 1. The highest BCUT2D eigenvalue weighted by molar-refractivity contribution is 5.54. The number of carbonyl (C=O) groups is 1. The predicted octanol–water partition coefficient (Wildman–Crippen LogP) is -1.36. The predicted molar refractivity (Wildman–Crippen MR) is 53.4 cm³/mol. The minimum atomic E-state index is -1.75. The molecule has 0 aliphatic rings. The molecule has 3 N–H and O–H groups in total. The van der Waals surface area contributed by atoms with Gasteiger partial charge in [0.25, 0.3) is 6.16 Å². The molecule has 0 aromatic carbocycles. The van der Waals surface area contributed by atoms with Gasteiger partial charge in [0.1, 0.15) is 0 Å². The first-order chi connectivity index (χ1) is 7.56. The molecule has 6 nitrogen and oxygen atoms in total. The fourth-order valence-electron chi connectivity index (χ4n) is 1.49. The van der Waals surface area contributed by atoms with Crippen molar-refractivity contribution in [1.82, 2.24) is 0 Å². The number of rotatable bonds is 8. The lowest BCUT2D eigenvalue weighted by Crippen LogP contribution is -2.45. The van der Waals surface area contributed by atoms with Crippen molar-refractivity contribution >= 4 is 6.16 Å². The van der Waals surface area contributed by atoms with Gasteiger partial charge in [-0.1, -0.05) is 6.08 Å². The number of aliphatic hydroxyl groups is 3. The molecule has 0 aromatic rings. The van der Waals surface area contributed by atoms with Crippen LogP contribution < -0.4 is 5.11 Å². The summed E-state index contributed by atoms with van der Waals surface area (Å²) in [6.45, 7) is 2.30. The highest BCUT2D eigenvalue weighted by Gasteiger charge is 2.35. The molecule has 1 unspecified atom stereocenters. The molecule has 0 aliphatic carbocycles. The Bertz CT molecular complexity index is 223. The van der Waals surface area contributed by atoms with E-state index in [1.54, 1.807) is 0 Å². The lowest BCUT2D eigenvalue weighted by atomic mass is 9.79. The Hall–Kier alpha value is -1.11. The van der Waals surface area contributed by atoms with Gasteiger partial charge in [0, 0.05) is 12.0 Å². The second-order valence-electron chi connectivity index (χ2n) is 3.53. The van der Waals surface area contributed by atoms with Crippen LogP contribution in [0.3, 0.4) is 0 Å². The molecule has 0 aliphatic heterocycles. The highest BCUT2D eigenvalue weighted by atomic mass is 16.7. The minimum absolute atomic E-state index is 0.128. The molecule has 0 heterocycles. The number of carboxylic acid groups (broad SMARTS) is 1. The zero-order chi connectivity index (χ0) is 12.6. The first-order valence-corrected chi connectivity index (χ1v) is 4.89. The molecule has 0 bridgehead atoms. The van der Waals surface area contributed by atoms with Crippen LogP contribution in [0.2, 0.25) is 0 Å². The Balaban J connectivity index is 4.79. The second-order valence-corrected chi connectivity index (χ2v) is 3.53. The first-order valence-electron chi connectivity index (χ1n) is 4.89. The Morgan fingerprint density at radius 3 is 2.31 bits per heavy atom. The zero-order valence-corrected chi connectivity index (χ0v) is 8.96. The summed E-state index contributed by atoms with van der Waals surface area (Å²) in [6.07, 6.45) is -1.12. The molecule has 0 saturated carbocycles. The van der Waals surface area contributed by atoms with Crippen LogP contribution in [-0.4, -0.2) is 47.4 Å². The van der Waals surface area contributed by atoms with E-state index >= 15 is 0 Å². The van der Waals surface area contributed by atoms with Crippen LogP contribution in [0.4, 0.5) is 4.79 Å². The molecule has 94 valence electrons. The van der Waals surface area contributed by atoms with Crippen LogP contribution in [0.1, 0.15) is 12.8 Å². The summed E-state index contributed by atoms with van der Waals surface area (Å²) in [5.74, 6) is 0. The van der Waals surface area contributed by atoms with E-state index in [0.29, 0.717) is 6.42 Å². The van der Waals surface area contributed by atoms with Crippen LogP contribution in [0.25, 0.3) is 0 Å². The molecule has 0 saturated heterocycles. The van der Waals surface area contributed by atoms with Gasteiger partial charge < -0.3 is 30.0 Å². The fraction of sp³-hybridized carbons (Fsp3) is 0.700. The van der Waals surface area contributed by atoms with E-state index in [0.717, 1.165) is 0 Å². The van der Waals surface area contributed by atoms with E-state index in [1.165, 1.54) is 6.08 Å². The first kappa shape index (κ1) is 14.9. The van der Waals surface area contributed by atoms with Crippen LogP contribution in [0, 0.1) is 5.41 Å². The van der Waals surface area contributed by atoms with E-state index in [9.17, 15) is 20.1 Å². The van der Waals surface area contributed by atoms with Crippen LogP contribution in [-0.2, 0) is 4.74 Å². The van der Waals surface area contributed by atoms with Gasteiger partial charge in [-0.25, -0.2) is 0 Å². The number of hydrogen-bond acceptors (Lipinski definition) is 6. The molecular formula is C10H17O6-. The standard InChI is InChI=1S/C10H18O6/c1-2-8(16-9(14)15)10(6-12,7-13)4-3-5-11/h2,8,11-13H,1,3-7H2,(H,14,15)/p-1. The van der Waals surface area contributed by atoms with Gasteiger partial charge in [0.2, 0.25) is 0 Å². The van der Waals surface area contributed by atoms with E-state index in [1.807, 2.05) is 0 Å². The van der Waals surface area contributed by atoms with Crippen molar-refractivity contribution in [1.29, 1.82) is 0 Å². The number of aliphatic hydroxyl groups excluding tert-OH is 3. The largest absolute Gasteiger partial charge is 0.541 e. The molecule has 0 fully saturated rings. The third-order valence-electron chi connectivity index (χ3n) is 2.50. The van der Waals surface area contributed by atoms with Gasteiger partial charge in [0.05, 0.1) is 19.3 Å². The third-order valence-corrected chi connectivity index (χ3v) is 2.50. The summed E-state index contributed by atoms with van der Waals surface area (Å²) >= 11 is 0. The maximum atomic E-state index is 10.3. The second kappa shape index (κ2) is 7.21. The molecular weight excluding hydrogens is 216 g/mol. The van der Waals surface area contributed by atoms with Crippen molar-refractivity contribution < 1.29 is 30.0 Å². The average molecular weight is 233 g/mol. The van der Waals surface area contributed by atoms with Crippen molar-refractivity contribution in [3.8, 4) is 0 Å². The maximum Gasteiger partial charge on any atom is 0.252 e. The summed E-state index contributed by atoms with van der Waals surface area (Å²) in [5, 5.41) is 37.5. The molecule has 0 radical (unpaired) electrons. The smallest absolute Gasteiger partial charge is 0.252 e. The maximum absolute atomic E-state index is 10.3. The van der Waals surface area contributed by atoms with Gasteiger partial charge >= 0.3 is 0 Å². The van der Waals surface area contributed by atoms with Crippen molar-refractivity contribution in [3.05, 3.63) is 12.7 Å². The summed E-state index contributed by atoms with van der Waals surface area (Å²) in [6, 6.07) is 0. The van der Waals surface area contributed by atoms with Gasteiger partial charge in [0.15, 0.2) is 0 Å². The van der Waals surface area contributed by atoms with Crippen molar-refractivity contribution in [2.75, 3.05) is 19.8 Å². The van der Waals surface area contributed by atoms with Crippen molar-refractivity contribution in [2.45, 2.75) is 18.9 Å². The summed E-state index contributed by atoms with van der Waals surface area (Å²) < 4.78 is 4.43. The van der Waals surface area contributed by atoms with Gasteiger partial charge in [-0.05, 0) is 12.8 Å². The summed E-state index contributed by atoms with van der Waals surface area (Å²) in [4.78, 5) is 10.3. The minimum Gasteiger partial charge on any atom is -0.541 e. The van der Waals surface area contributed by atoms with E-state index in [4.69, 9.17) is 5.11 Å². The Morgan fingerprint density at radius 2 is 2.00 bits per heavy atom. The quantitative estimate of drug-likeness (QED) is 0.353. The van der Waals surface area contributed by atoms with Crippen LogP contribution in [0.15, 0.2) is 12.7 Å². The van der Waals surface area contributed by atoms with Crippen LogP contribution >= 0.6 is 0 Å². The number of ether oxygens (including phenoxy) is 1. The molecule has 1 atom stereocenters. The molecule has 0 rings (SSSR count). The van der Waals surface area contributed by atoms with Crippen molar-refractivity contribution in [2.24, 2.45) is 5.41 Å². The van der Waals surface area contributed by atoms with Gasteiger partial charge in [-0.3, -0.25) is 0 Å². The molecule has 0 amide bonds. The topological polar surface area (TPSA) is 110 Å². The Morgan fingerprint density at radius 1 is 1.44 bits per heavy atom. The SMILES string of the molecule is C=CC(OC(=O)[O-])C(CO)(CO)CCCO. The van der Waals surface area contributed by atoms with Gasteiger partial charge in [-0.2, -0.15) is 0 Å². The Kier molecular flexibility index (Phi) is 6.71. The van der Waals surface area contributed by atoms with Gasteiger partial charge in [-0.15, -0.1) is 6.58 Å². The fourth-order valence-corrected chi connectivity index (χ4v) is 1.49. The third kappa shape index (κ3) is 3.80. The molecule has 0 spiro atoms. The molecule has 0 aromatic heterocycles. The molecule has 6 heteroatoms. The van der Waals surface area contributed by atoms with E-state index < -0.39 is 30.9 Å². The lowest BCUT2D eigenvalue weighted by Gasteiger charge is -2.38. The van der Waals surface area contributed by atoms with E-state index in [-0.39, 0.29) is 13.0 Å². The Labute approximate surface area is 93.8 Å². The summed E-state index contributed by atoms with van der Waals surface area (Å²) in [7, 11) is 0. The highest BCUT2D eigenvalue weighted by Crippen LogP contribution is 2.30. The molecule has 16 heavy (non-hydrogen) atoms. The average Bonchev–Trinajstić information content (AvgIpc) is 2.28. The number of hydrogen-bond donors (Lipinski definition) is 3. The van der Waals surface area contributed by atoms with E-state index in [2.05, 4.69) is 11.3 Å². The normalized spacial score (nSPS) is 13.2. The lowest BCUT2D eigenvalue weighted by molar-refractivity contribution is -0.290. The monoisotopic (exact) mass is 233 g/mol. The van der Waals surface area contributed by atoms with Crippen molar-refractivity contribution in [3.63, 3.8) is 0 Å².